The Balaban J connectivity index is 1.90. The summed E-state index contributed by atoms with van der Waals surface area (Å²) < 4.78 is 5.47. The van der Waals surface area contributed by atoms with Gasteiger partial charge in [-0.05, 0) is 55.1 Å². The van der Waals surface area contributed by atoms with Crippen LogP contribution in [-0.2, 0) is 22.4 Å². The topological polar surface area (TPSA) is 92.1 Å². The van der Waals surface area contributed by atoms with E-state index in [0.717, 1.165) is 41.4 Å². The molecule has 32 heavy (non-hydrogen) atoms. The number of aromatic nitrogens is 1. The Labute approximate surface area is 190 Å². The number of aryl methyl sites for hydroxylation is 1. The maximum atomic E-state index is 13.3. The average Bonchev–Trinajstić information content (AvgIpc) is 2.74. The summed E-state index contributed by atoms with van der Waals surface area (Å²) in [6, 6.07) is 9.69. The number of carbonyl (C=O) groups is 2. The number of carbonyl (C=O) groups excluding carboxylic acids is 2. The second-order valence-corrected chi connectivity index (χ2v) is 10.3. The van der Waals surface area contributed by atoms with E-state index < -0.39 is 24.0 Å². The summed E-state index contributed by atoms with van der Waals surface area (Å²) in [5, 5.41) is 12.9. The minimum Gasteiger partial charge on any atom is -0.452 e. The highest BCUT2D eigenvalue weighted by Crippen LogP contribution is 2.39. The number of para-hydroxylation sites is 1. The second kappa shape index (κ2) is 8.90. The van der Waals surface area contributed by atoms with Crippen molar-refractivity contribution in [2.45, 2.75) is 66.3 Å². The molecule has 0 radical (unpaired) electrons. The van der Waals surface area contributed by atoms with Crippen molar-refractivity contribution in [2.75, 3.05) is 6.61 Å². The average molecular weight is 436 g/mol. The zero-order valence-corrected chi connectivity index (χ0v) is 19.9. The van der Waals surface area contributed by atoms with Gasteiger partial charge >= 0.3 is 5.97 Å². The Kier molecular flexibility index (Phi) is 6.59. The molecule has 1 N–H and O–H groups in total. The number of ether oxygens (including phenoxy) is 1. The number of amides is 1. The van der Waals surface area contributed by atoms with Crippen molar-refractivity contribution in [1.82, 2.24) is 10.3 Å². The molecule has 0 bridgehead atoms. The monoisotopic (exact) mass is 435 g/mol. The molecular weight excluding hydrogens is 402 g/mol. The van der Waals surface area contributed by atoms with Gasteiger partial charge in [0.1, 0.15) is 5.54 Å². The van der Waals surface area contributed by atoms with E-state index in [9.17, 15) is 14.9 Å². The first-order chi connectivity index (χ1) is 15.0. The normalized spacial score (nSPS) is 17.9. The molecule has 0 unspecified atom stereocenters. The predicted octanol–water partition coefficient (Wildman–Crippen LogP) is 4.60. The van der Waals surface area contributed by atoms with Crippen molar-refractivity contribution in [3.63, 3.8) is 0 Å². The van der Waals surface area contributed by atoms with Gasteiger partial charge in [-0.2, -0.15) is 5.26 Å². The summed E-state index contributed by atoms with van der Waals surface area (Å²) >= 11 is 0. The molecule has 6 nitrogen and oxygen atoms in total. The summed E-state index contributed by atoms with van der Waals surface area (Å²) in [5.74, 6) is -0.670. The second-order valence-electron chi connectivity index (χ2n) is 10.3. The van der Waals surface area contributed by atoms with E-state index in [4.69, 9.17) is 9.72 Å². The Morgan fingerprint density at radius 2 is 1.94 bits per heavy atom. The molecule has 2 aromatic rings. The summed E-state index contributed by atoms with van der Waals surface area (Å²) in [7, 11) is 0. The van der Waals surface area contributed by atoms with E-state index in [1.54, 1.807) is 6.92 Å². The molecule has 0 spiro atoms. The fourth-order valence-electron chi connectivity index (χ4n) is 4.19. The number of nitriles is 1. The van der Waals surface area contributed by atoms with Gasteiger partial charge in [-0.3, -0.25) is 9.78 Å². The standard InChI is InChI=1S/C26H33N3O3/c1-16(2)26(6,15-27)29-22(30)14-32-24(31)23-18-9-7-8-10-20(18)28-21-12-11-17(13-19(21)23)25(3,4)5/h7-10,16-17H,11-14H2,1-6H3,(H,29,30)/t17-,26-/m1/s1. The van der Waals surface area contributed by atoms with Gasteiger partial charge in [0.25, 0.3) is 5.91 Å². The minimum absolute atomic E-state index is 0.0855. The highest BCUT2D eigenvalue weighted by molar-refractivity contribution is 6.05. The van der Waals surface area contributed by atoms with Crippen LogP contribution in [0.15, 0.2) is 24.3 Å². The summed E-state index contributed by atoms with van der Waals surface area (Å²) in [4.78, 5) is 30.5. The van der Waals surface area contributed by atoms with E-state index in [0.29, 0.717) is 11.5 Å². The Morgan fingerprint density at radius 3 is 2.56 bits per heavy atom. The zero-order chi connectivity index (χ0) is 23.7. The smallest absolute Gasteiger partial charge is 0.339 e. The molecule has 1 heterocycles. The summed E-state index contributed by atoms with van der Waals surface area (Å²) in [6.45, 7) is 11.6. The van der Waals surface area contributed by atoms with Crippen LogP contribution in [0.4, 0.5) is 0 Å². The van der Waals surface area contributed by atoms with Gasteiger partial charge in [0.05, 0.1) is 17.1 Å². The third-order valence-corrected chi connectivity index (χ3v) is 6.81. The fourth-order valence-corrected chi connectivity index (χ4v) is 4.19. The quantitative estimate of drug-likeness (QED) is 0.693. The van der Waals surface area contributed by atoms with Crippen LogP contribution in [0.5, 0.6) is 0 Å². The Bertz CT molecular complexity index is 1080. The van der Waals surface area contributed by atoms with Crippen LogP contribution in [-0.4, -0.2) is 29.0 Å². The van der Waals surface area contributed by atoms with Crippen LogP contribution in [0.2, 0.25) is 0 Å². The van der Waals surface area contributed by atoms with Crippen molar-refractivity contribution in [3.8, 4) is 6.07 Å². The van der Waals surface area contributed by atoms with Crippen molar-refractivity contribution < 1.29 is 14.3 Å². The van der Waals surface area contributed by atoms with Crippen LogP contribution in [0.25, 0.3) is 10.9 Å². The van der Waals surface area contributed by atoms with Crippen LogP contribution in [0, 0.1) is 28.6 Å². The molecule has 0 fully saturated rings. The zero-order valence-electron chi connectivity index (χ0n) is 19.9. The molecular formula is C26H33N3O3. The van der Waals surface area contributed by atoms with Crippen molar-refractivity contribution >= 4 is 22.8 Å². The van der Waals surface area contributed by atoms with E-state index in [2.05, 4.69) is 32.2 Å². The molecule has 6 heteroatoms. The lowest BCUT2D eigenvalue weighted by atomic mass is 9.70. The third-order valence-electron chi connectivity index (χ3n) is 6.81. The molecule has 0 saturated heterocycles. The van der Waals surface area contributed by atoms with E-state index >= 15 is 0 Å². The van der Waals surface area contributed by atoms with Gasteiger partial charge in [0.15, 0.2) is 6.61 Å². The number of rotatable bonds is 5. The minimum atomic E-state index is -1.02. The van der Waals surface area contributed by atoms with Gasteiger partial charge < -0.3 is 10.1 Å². The van der Waals surface area contributed by atoms with E-state index in [1.165, 1.54) is 0 Å². The lowest BCUT2D eigenvalue weighted by Gasteiger charge is -2.35. The molecule has 0 saturated carbocycles. The number of hydrogen-bond donors (Lipinski definition) is 1. The summed E-state index contributed by atoms with van der Waals surface area (Å²) in [6.07, 6.45) is 2.60. The fraction of sp³-hybridized carbons (Fsp3) is 0.538. The number of esters is 1. The lowest BCUT2D eigenvalue weighted by molar-refractivity contribution is -0.125. The molecule has 3 rings (SSSR count). The molecule has 1 aromatic carbocycles. The molecule has 0 aliphatic heterocycles. The van der Waals surface area contributed by atoms with Gasteiger partial charge in [0, 0.05) is 11.1 Å². The Morgan fingerprint density at radius 1 is 1.25 bits per heavy atom. The van der Waals surface area contributed by atoms with Crippen molar-refractivity contribution in [2.24, 2.45) is 17.3 Å². The van der Waals surface area contributed by atoms with Crippen LogP contribution in [0.1, 0.15) is 69.6 Å². The van der Waals surface area contributed by atoms with Crippen LogP contribution >= 0.6 is 0 Å². The first kappa shape index (κ1) is 23.7. The van der Waals surface area contributed by atoms with E-state index in [-0.39, 0.29) is 11.3 Å². The molecule has 1 aliphatic rings. The predicted molar refractivity (Wildman–Crippen MR) is 124 cm³/mol. The maximum absolute atomic E-state index is 13.3. The van der Waals surface area contributed by atoms with E-state index in [1.807, 2.05) is 38.1 Å². The number of fused-ring (bicyclic) bond motifs is 2. The first-order valence-electron chi connectivity index (χ1n) is 11.3. The maximum Gasteiger partial charge on any atom is 0.339 e. The number of nitrogens with zero attached hydrogens (tertiary/aromatic N) is 2. The lowest BCUT2D eigenvalue weighted by Crippen LogP contribution is -2.50. The molecule has 1 aromatic heterocycles. The number of benzene rings is 1. The number of nitrogens with one attached hydrogen (secondary N) is 1. The number of pyridine rings is 1. The van der Waals surface area contributed by atoms with Crippen LogP contribution < -0.4 is 5.32 Å². The van der Waals surface area contributed by atoms with Crippen molar-refractivity contribution in [3.05, 3.63) is 41.1 Å². The SMILES string of the molecule is CC(C)[C@@](C)(C#N)NC(=O)COC(=O)c1c2c(nc3ccccc13)CC[C@@H](C(C)(C)C)C2. The highest BCUT2D eigenvalue weighted by atomic mass is 16.5. The van der Waals surface area contributed by atoms with Crippen LogP contribution in [0.3, 0.4) is 0 Å². The van der Waals surface area contributed by atoms with Gasteiger partial charge in [-0.1, -0.05) is 52.8 Å². The highest BCUT2D eigenvalue weighted by Gasteiger charge is 2.34. The third kappa shape index (κ3) is 4.77. The largest absolute Gasteiger partial charge is 0.452 e. The first-order valence-corrected chi connectivity index (χ1v) is 11.3. The molecule has 1 aliphatic carbocycles. The van der Waals surface area contributed by atoms with Gasteiger partial charge in [-0.15, -0.1) is 0 Å². The molecule has 170 valence electrons. The van der Waals surface area contributed by atoms with Gasteiger partial charge in [-0.25, -0.2) is 4.79 Å². The molecule has 2 atom stereocenters. The Hall–Kier alpha value is -2.94. The van der Waals surface area contributed by atoms with Gasteiger partial charge in [0.2, 0.25) is 0 Å². The molecule has 1 amide bonds. The number of hydrogen-bond acceptors (Lipinski definition) is 5. The van der Waals surface area contributed by atoms with Crippen molar-refractivity contribution in [1.29, 1.82) is 5.26 Å². The summed E-state index contributed by atoms with van der Waals surface area (Å²) in [5.41, 5.74) is 2.24.